The molecule has 3 aromatic rings. The molecule has 220 valence electrons. The molecule has 3 amide bonds. The monoisotopic (exact) mass is 569 g/mol. The maximum atomic E-state index is 14.5. The Morgan fingerprint density at radius 1 is 1.00 bits per heavy atom. The first-order valence-corrected chi connectivity index (χ1v) is 15.1. The van der Waals surface area contributed by atoms with Crippen molar-refractivity contribution in [3.8, 4) is 0 Å². The van der Waals surface area contributed by atoms with Gasteiger partial charge in [0.15, 0.2) is 0 Å². The van der Waals surface area contributed by atoms with Gasteiger partial charge < -0.3 is 25.4 Å². The standard InChI is InChI=1S/C34H39N3O5/c1-3-18-35-30(39)27-28-32(41)37(26(21-38)19-22-10-6-5-7-11-22)29(34(28)17-16-33(27,4-2)42-34)31(40)36-25-15-14-23-12-8-9-13-24(23)20-25/h5-15,20,26-29,38H,3-4,16-19,21H2,1-2H3,(H,35,39)(H,36,40)/t26-,27+,28+,29?,33-,34?/m1/s1. The van der Waals surface area contributed by atoms with Crippen LogP contribution >= 0.6 is 0 Å². The quantitative estimate of drug-likeness (QED) is 0.341. The van der Waals surface area contributed by atoms with Gasteiger partial charge >= 0.3 is 0 Å². The van der Waals surface area contributed by atoms with Crippen molar-refractivity contribution in [2.75, 3.05) is 18.5 Å². The van der Waals surface area contributed by atoms with Gasteiger partial charge in [-0.3, -0.25) is 14.4 Å². The van der Waals surface area contributed by atoms with Crippen LogP contribution in [0, 0.1) is 11.8 Å². The molecule has 8 heteroatoms. The fraction of sp³-hybridized carbons (Fsp3) is 0.441. The van der Waals surface area contributed by atoms with E-state index in [4.69, 9.17) is 4.74 Å². The third kappa shape index (κ3) is 4.48. The van der Waals surface area contributed by atoms with Crippen LogP contribution < -0.4 is 10.6 Å². The molecular formula is C34H39N3O5. The number of carbonyl (C=O) groups is 3. The molecule has 3 saturated heterocycles. The summed E-state index contributed by atoms with van der Waals surface area (Å²) in [5.41, 5.74) is -0.406. The summed E-state index contributed by atoms with van der Waals surface area (Å²) in [6.07, 6.45) is 2.79. The number of ether oxygens (including phenoxy) is 1. The van der Waals surface area contributed by atoms with Crippen molar-refractivity contribution in [1.82, 2.24) is 10.2 Å². The van der Waals surface area contributed by atoms with Crippen LogP contribution in [0.1, 0.15) is 45.1 Å². The first-order chi connectivity index (χ1) is 20.4. The van der Waals surface area contributed by atoms with Gasteiger partial charge in [-0.2, -0.15) is 0 Å². The van der Waals surface area contributed by atoms with E-state index in [0.717, 1.165) is 22.8 Å². The second kappa shape index (κ2) is 11.2. The zero-order valence-electron chi connectivity index (χ0n) is 24.2. The number of carbonyl (C=O) groups excluding carboxylic acids is 3. The topological polar surface area (TPSA) is 108 Å². The van der Waals surface area contributed by atoms with Gasteiger partial charge in [0, 0.05) is 12.2 Å². The second-order valence-corrected chi connectivity index (χ2v) is 11.9. The molecule has 0 radical (unpaired) electrons. The number of aliphatic hydroxyl groups excluding tert-OH is 1. The van der Waals surface area contributed by atoms with Crippen molar-refractivity contribution < 1.29 is 24.2 Å². The highest BCUT2D eigenvalue weighted by molar-refractivity contribution is 6.04. The Kier molecular flexibility index (Phi) is 7.53. The molecule has 3 aromatic carbocycles. The summed E-state index contributed by atoms with van der Waals surface area (Å²) >= 11 is 0. The molecule has 3 heterocycles. The number of hydrogen-bond donors (Lipinski definition) is 3. The summed E-state index contributed by atoms with van der Waals surface area (Å²) in [6, 6.07) is 21.6. The summed E-state index contributed by atoms with van der Waals surface area (Å²) in [4.78, 5) is 44.1. The highest BCUT2D eigenvalue weighted by Gasteiger charge is 2.79. The predicted octanol–water partition coefficient (Wildman–Crippen LogP) is 4.06. The molecule has 3 fully saturated rings. The maximum absolute atomic E-state index is 14.5. The number of hydrogen-bond acceptors (Lipinski definition) is 5. The van der Waals surface area contributed by atoms with Gasteiger partial charge in [-0.1, -0.05) is 74.5 Å². The Bertz CT molecular complexity index is 1490. The molecule has 3 N–H and O–H groups in total. The van der Waals surface area contributed by atoms with Crippen molar-refractivity contribution in [2.45, 2.75) is 69.2 Å². The number of amides is 3. The summed E-state index contributed by atoms with van der Waals surface area (Å²) in [7, 11) is 0. The predicted molar refractivity (Wildman–Crippen MR) is 161 cm³/mol. The summed E-state index contributed by atoms with van der Waals surface area (Å²) in [6.45, 7) is 4.15. The zero-order valence-corrected chi connectivity index (χ0v) is 24.2. The van der Waals surface area contributed by atoms with Crippen molar-refractivity contribution in [3.63, 3.8) is 0 Å². The smallest absolute Gasteiger partial charge is 0.250 e. The Labute approximate surface area is 246 Å². The average molecular weight is 570 g/mol. The fourth-order valence-electron chi connectivity index (χ4n) is 7.72. The number of likely N-dealkylation sites (tertiary alicyclic amines) is 1. The number of aliphatic hydroxyl groups is 1. The van der Waals surface area contributed by atoms with Gasteiger partial charge in [0.25, 0.3) is 0 Å². The third-order valence-electron chi connectivity index (χ3n) is 9.63. The number of nitrogens with one attached hydrogen (secondary N) is 2. The van der Waals surface area contributed by atoms with Crippen molar-refractivity contribution in [2.24, 2.45) is 11.8 Å². The van der Waals surface area contributed by atoms with E-state index in [1.165, 1.54) is 0 Å². The van der Waals surface area contributed by atoms with Crippen LogP contribution in [0.5, 0.6) is 0 Å². The SMILES string of the molecule is CCCNC(=O)[C@@H]1[C@H]2C(=O)N([C@@H](CO)Cc3ccccc3)C(C(=O)Nc3ccc4ccccc4c3)C23CC[C@@]1(CC)O3. The molecular weight excluding hydrogens is 530 g/mol. The van der Waals surface area contributed by atoms with E-state index >= 15 is 0 Å². The molecule has 0 aliphatic carbocycles. The lowest BCUT2D eigenvalue weighted by Crippen LogP contribution is -2.57. The van der Waals surface area contributed by atoms with Crippen LogP contribution in [0.4, 0.5) is 5.69 Å². The number of fused-ring (bicyclic) bond motifs is 2. The highest BCUT2D eigenvalue weighted by Crippen LogP contribution is 2.64. The second-order valence-electron chi connectivity index (χ2n) is 11.9. The van der Waals surface area contributed by atoms with Gasteiger partial charge in [0.2, 0.25) is 17.7 Å². The zero-order chi connectivity index (χ0) is 29.5. The van der Waals surface area contributed by atoms with Crippen LogP contribution in [0.15, 0.2) is 72.8 Å². The molecule has 8 nitrogen and oxygen atoms in total. The van der Waals surface area contributed by atoms with Crippen molar-refractivity contribution in [3.05, 3.63) is 78.4 Å². The normalized spacial score (nSPS) is 28.6. The summed E-state index contributed by atoms with van der Waals surface area (Å²) < 4.78 is 6.86. The van der Waals surface area contributed by atoms with E-state index in [0.29, 0.717) is 37.9 Å². The molecule has 0 saturated carbocycles. The largest absolute Gasteiger partial charge is 0.394 e. The van der Waals surface area contributed by atoms with Gasteiger partial charge in [-0.25, -0.2) is 0 Å². The molecule has 6 rings (SSSR count). The summed E-state index contributed by atoms with van der Waals surface area (Å²) in [5.74, 6) is -2.37. The highest BCUT2D eigenvalue weighted by atomic mass is 16.5. The molecule has 0 aromatic heterocycles. The van der Waals surface area contributed by atoms with E-state index in [2.05, 4.69) is 10.6 Å². The van der Waals surface area contributed by atoms with Crippen LogP contribution in [0.3, 0.4) is 0 Å². The Morgan fingerprint density at radius 3 is 2.45 bits per heavy atom. The maximum Gasteiger partial charge on any atom is 0.250 e. The minimum absolute atomic E-state index is 0.197. The van der Waals surface area contributed by atoms with Crippen LogP contribution in [-0.2, 0) is 25.5 Å². The fourth-order valence-corrected chi connectivity index (χ4v) is 7.72. The minimum atomic E-state index is -1.16. The number of nitrogens with zero attached hydrogens (tertiary/aromatic N) is 1. The van der Waals surface area contributed by atoms with Crippen LogP contribution in [0.25, 0.3) is 10.8 Å². The van der Waals surface area contributed by atoms with E-state index in [-0.39, 0.29) is 24.3 Å². The molecule has 3 aliphatic heterocycles. The first-order valence-electron chi connectivity index (χ1n) is 15.1. The molecule has 3 aliphatic rings. The van der Waals surface area contributed by atoms with Crippen LogP contribution in [-0.4, -0.2) is 64.2 Å². The minimum Gasteiger partial charge on any atom is -0.394 e. The first kappa shape index (κ1) is 28.4. The lowest BCUT2D eigenvalue weighted by atomic mass is 9.65. The molecule has 1 spiro atoms. The van der Waals surface area contributed by atoms with E-state index in [1.807, 2.05) is 86.6 Å². The Balaban J connectivity index is 1.41. The summed E-state index contributed by atoms with van der Waals surface area (Å²) in [5, 5.41) is 18.8. The number of anilines is 1. The van der Waals surface area contributed by atoms with E-state index in [9.17, 15) is 19.5 Å². The van der Waals surface area contributed by atoms with Gasteiger partial charge in [0.05, 0.1) is 30.1 Å². The van der Waals surface area contributed by atoms with Crippen molar-refractivity contribution in [1.29, 1.82) is 0 Å². The molecule has 2 bridgehead atoms. The Morgan fingerprint density at radius 2 is 1.74 bits per heavy atom. The van der Waals surface area contributed by atoms with Gasteiger partial charge in [-0.05, 0) is 60.6 Å². The van der Waals surface area contributed by atoms with Gasteiger partial charge in [-0.15, -0.1) is 0 Å². The average Bonchev–Trinajstić information content (AvgIpc) is 3.62. The van der Waals surface area contributed by atoms with Gasteiger partial charge in [0.1, 0.15) is 11.6 Å². The molecule has 6 atom stereocenters. The molecule has 2 unspecified atom stereocenters. The van der Waals surface area contributed by atoms with Crippen molar-refractivity contribution >= 4 is 34.2 Å². The van der Waals surface area contributed by atoms with Crippen LogP contribution in [0.2, 0.25) is 0 Å². The molecule has 42 heavy (non-hydrogen) atoms. The lowest BCUT2D eigenvalue weighted by Gasteiger charge is -2.37. The third-order valence-corrected chi connectivity index (χ3v) is 9.63. The Hall–Kier alpha value is -3.75. The number of rotatable bonds is 10. The number of benzene rings is 3. The van der Waals surface area contributed by atoms with E-state index < -0.39 is 35.1 Å². The lowest BCUT2D eigenvalue weighted by molar-refractivity contribution is -0.149. The van der Waals surface area contributed by atoms with E-state index in [1.54, 1.807) is 4.90 Å².